The molecule has 0 spiro atoms. The van der Waals surface area contributed by atoms with Gasteiger partial charge in [-0.15, -0.1) is 0 Å². The third-order valence-corrected chi connectivity index (χ3v) is 9.27. The first-order valence-corrected chi connectivity index (χ1v) is 16.6. The summed E-state index contributed by atoms with van der Waals surface area (Å²) < 4.78 is 14.2. The highest BCUT2D eigenvalue weighted by Gasteiger charge is 2.23. The Kier molecular flexibility index (Phi) is 10.3. The highest BCUT2D eigenvalue weighted by Crippen LogP contribution is 2.27. The Labute approximate surface area is 273 Å². The maximum atomic E-state index is 14.2. The van der Waals surface area contributed by atoms with Crippen LogP contribution in [0.4, 0.5) is 15.9 Å². The molecule has 0 unspecified atom stereocenters. The fraction of sp³-hybridized carbons (Fsp3) is 0.286. The summed E-state index contributed by atoms with van der Waals surface area (Å²) in [5.41, 5.74) is 3.62. The van der Waals surface area contributed by atoms with Gasteiger partial charge in [-0.1, -0.05) is 90.1 Å². The van der Waals surface area contributed by atoms with Crippen molar-refractivity contribution in [2.24, 2.45) is 0 Å². The number of piperazine rings is 2. The number of halogens is 2. The standard InChI is InChI=1S/C35H36ClFN6OS/c36-32-25-33(42-23-21-41(22-24-42)31-11-5-4-10-30(31)37)39-35(38-32)45-26-28-12-14-29(15-13-28)34(44)43-19-17-40(18-20-43)16-6-9-27-7-2-1-3-8-27/h1-15,25H,16-24,26H2/b9-6+. The smallest absolute Gasteiger partial charge is 0.253 e. The van der Waals surface area contributed by atoms with Gasteiger partial charge in [0, 0.05) is 76.3 Å². The molecule has 6 rings (SSSR count). The Bertz CT molecular complexity index is 1610. The molecule has 232 valence electrons. The molecular formula is C35H36ClFN6OS. The molecule has 3 aromatic carbocycles. The van der Waals surface area contributed by atoms with Crippen LogP contribution in [0.2, 0.25) is 5.15 Å². The summed E-state index contributed by atoms with van der Waals surface area (Å²) in [5, 5.41) is 0.998. The van der Waals surface area contributed by atoms with E-state index in [2.05, 4.69) is 44.0 Å². The fourth-order valence-corrected chi connectivity index (χ4v) is 6.64. The van der Waals surface area contributed by atoms with Gasteiger partial charge in [0.25, 0.3) is 5.91 Å². The Morgan fingerprint density at radius 2 is 1.51 bits per heavy atom. The Hall–Kier alpha value is -3.92. The zero-order valence-corrected chi connectivity index (χ0v) is 26.6. The van der Waals surface area contributed by atoms with Gasteiger partial charge in [0.05, 0.1) is 5.69 Å². The summed E-state index contributed by atoms with van der Waals surface area (Å²) >= 11 is 7.90. The lowest BCUT2D eigenvalue weighted by molar-refractivity contribution is 0.0650. The van der Waals surface area contributed by atoms with Crippen molar-refractivity contribution in [3.8, 4) is 0 Å². The van der Waals surface area contributed by atoms with Crippen LogP contribution in [0.25, 0.3) is 6.08 Å². The van der Waals surface area contributed by atoms with Gasteiger partial charge < -0.3 is 14.7 Å². The molecule has 0 atom stereocenters. The average Bonchev–Trinajstić information content (AvgIpc) is 3.08. The van der Waals surface area contributed by atoms with E-state index in [0.717, 1.165) is 44.1 Å². The number of hydrogen-bond acceptors (Lipinski definition) is 7. The summed E-state index contributed by atoms with van der Waals surface area (Å²) in [6.45, 7) is 6.86. The predicted molar refractivity (Wildman–Crippen MR) is 182 cm³/mol. The van der Waals surface area contributed by atoms with Crippen molar-refractivity contribution in [1.82, 2.24) is 19.8 Å². The lowest BCUT2D eigenvalue weighted by Gasteiger charge is -2.36. The Morgan fingerprint density at radius 1 is 0.822 bits per heavy atom. The number of rotatable bonds is 9. The van der Waals surface area contributed by atoms with E-state index >= 15 is 0 Å². The van der Waals surface area contributed by atoms with E-state index in [0.29, 0.717) is 53.5 Å². The van der Waals surface area contributed by atoms with Crippen LogP contribution in [0, 0.1) is 5.82 Å². The van der Waals surface area contributed by atoms with Crippen molar-refractivity contribution in [2.45, 2.75) is 10.9 Å². The number of nitrogens with zero attached hydrogens (tertiary/aromatic N) is 6. The zero-order chi connectivity index (χ0) is 31.0. The Morgan fingerprint density at radius 3 is 2.24 bits per heavy atom. The van der Waals surface area contributed by atoms with E-state index in [1.807, 2.05) is 59.5 Å². The number of benzene rings is 3. The maximum absolute atomic E-state index is 14.2. The third-order valence-electron chi connectivity index (χ3n) is 8.16. The number of para-hydroxylation sites is 1. The molecule has 3 heterocycles. The highest BCUT2D eigenvalue weighted by molar-refractivity contribution is 7.98. The first-order chi connectivity index (χ1) is 22.0. The van der Waals surface area contributed by atoms with Crippen molar-refractivity contribution in [3.63, 3.8) is 0 Å². The molecule has 4 aromatic rings. The summed E-state index contributed by atoms with van der Waals surface area (Å²) in [6.07, 6.45) is 4.34. The van der Waals surface area contributed by atoms with E-state index in [4.69, 9.17) is 16.6 Å². The molecular weight excluding hydrogens is 607 g/mol. The molecule has 0 saturated carbocycles. The molecule has 10 heteroatoms. The van der Waals surface area contributed by atoms with Gasteiger partial charge in [0.15, 0.2) is 5.16 Å². The minimum atomic E-state index is -0.200. The summed E-state index contributed by atoms with van der Waals surface area (Å²) in [4.78, 5) is 30.9. The summed E-state index contributed by atoms with van der Waals surface area (Å²) in [5.74, 6) is 1.31. The van der Waals surface area contributed by atoms with E-state index in [1.165, 1.54) is 23.4 Å². The van der Waals surface area contributed by atoms with Gasteiger partial charge in [-0.2, -0.15) is 0 Å². The van der Waals surface area contributed by atoms with Crippen LogP contribution < -0.4 is 9.80 Å². The largest absolute Gasteiger partial charge is 0.366 e. The summed E-state index contributed by atoms with van der Waals surface area (Å²) in [7, 11) is 0. The number of aromatic nitrogens is 2. The molecule has 1 amide bonds. The quantitative estimate of drug-likeness (QED) is 0.120. The molecule has 0 N–H and O–H groups in total. The molecule has 2 saturated heterocycles. The number of anilines is 2. The van der Waals surface area contributed by atoms with Gasteiger partial charge in [-0.05, 0) is 35.4 Å². The van der Waals surface area contributed by atoms with Gasteiger partial charge in [0.2, 0.25) is 0 Å². The van der Waals surface area contributed by atoms with Crippen LogP contribution in [0.5, 0.6) is 0 Å². The number of carbonyl (C=O) groups excluding carboxylic acids is 1. The number of carbonyl (C=O) groups is 1. The second kappa shape index (κ2) is 14.9. The van der Waals surface area contributed by atoms with Gasteiger partial charge >= 0.3 is 0 Å². The minimum absolute atomic E-state index is 0.0756. The molecule has 45 heavy (non-hydrogen) atoms. The van der Waals surface area contributed by atoms with Crippen LogP contribution in [0.3, 0.4) is 0 Å². The van der Waals surface area contributed by atoms with Crippen molar-refractivity contribution < 1.29 is 9.18 Å². The molecule has 0 aliphatic carbocycles. The molecule has 0 radical (unpaired) electrons. The van der Waals surface area contributed by atoms with Crippen molar-refractivity contribution in [1.29, 1.82) is 0 Å². The number of amides is 1. The maximum Gasteiger partial charge on any atom is 0.253 e. The van der Waals surface area contributed by atoms with E-state index in [1.54, 1.807) is 12.1 Å². The highest BCUT2D eigenvalue weighted by atomic mass is 35.5. The van der Waals surface area contributed by atoms with Crippen LogP contribution >= 0.6 is 23.4 Å². The first kappa shape index (κ1) is 31.1. The number of hydrogen-bond donors (Lipinski definition) is 0. The molecule has 2 aliphatic rings. The molecule has 1 aromatic heterocycles. The monoisotopic (exact) mass is 642 g/mol. The number of thioether (sulfide) groups is 1. The molecule has 7 nitrogen and oxygen atoms in total. The van der Waals surface area contributed by atoms with Crippen LogP contribution in [0.1, 0.15) is 21.5 Å². The minimum Gasteiger partial charge on any atom is -0.366 e. The topological polar surface area (TPSA) is 55.8 Å². The zero-order valence-electron chi connectivity index (χ0n) is 25.1. The molecule has 2 aliphatic heterocycles. The lowest BCUT2D eigenvalue weighted by atomic mass is 10.1. The fourth-order valence-electron chi connectivity index (χ4n) is 5.61. The van der Waals surface area contributed by atoms with Crippen molar-refractivity contribution in [2.75, 3.05) is 68.7 Å². The van der Waals surface area contributed by atoms with E-state index in [-0.39, 0.29) is 11.7 Å². The van der Waals surface area contributed by atoms with Crippen molar-refractivity contribution in [3.05, 3.63) is 119 Å². The second-order valence-corrected chi connectivity index (χ2v) is 12.5. The van der Waals surface area contributed by atoms with E-state index in [9.17, 15) is 9.18 Å². The third kappa shape index (κ3) is 8.22. The predicted octanol–water partition coefficient (Wildman–Crippen LogP) is 6.36. The van der Waals surface area contributed by atoms with Gasteiger partial charge in [0.1, 0.15) is 16.8 Å². The normalized spacial score (nSPS) is 16.0. The average molecular weight is 643 g/mol. The Balaban J connectivity index is 0.974. The van der Waals surface area contributed by atoms with Gasteiger partial charge in [-0.3, -0.25) is 9.69 Å². The van der Waals surface area contributed by atoms with E-state index < -0.39 is 0 Å². The molecule has 2 fully saturated rings. The van der Waals surface area contributed by atoms with Crippen molar-refractivity contribution >= 4 is 46.9 Å². The SMILES string of the molecule is O=C(c1ccc(CSc2nc(Cl)cc(N3CCN(c4ccccc4F)CC3)n2)cc1)N1CCN(C/C=C/c2ccccc2)CC1. The second-order valence-electron chi connectivity index (χ2n) is 11.1. The lowest BCUT2D eigenvalue weighted by Crippen LogP contribution is -2.48. The van der Waals surface area contributed by atoms with Gasteiger partial charge in [-0.25, -0.2) is 14.4 Å². The molecule has 0 bridgehead atoms. The first-order valence-electron chi connectivity index (χ1n) is 15.3. The van der Waals surface area contributed by atoms with Crippen LogP contribution in [0.15, 0.2) is 96.2 Å². The van der Waals surface area contributed by atoms with Crippen LogP contribution in [-0.4, -0.2) is 84.6 Å². The summed E-state index contributed by atoms with van der Waals surface area (Å²) in [6, 6.07) is 26.8. The van der Waals surface area contributed by atoms with Crippen LogP contribution in [-0.2, 0) is 5.75 Å².